The second-order valence-corrected chi connectivity index (χ2v) is 6.85. The molecule has 0 saturated heterocycles. The number of nitrogens with one attached hydrogen (secondary N) is 2. The number of nitrogens with zero attached hydrogens (tertiary/aromatic N) is 1. The number of H-pyrrole nitrogens is 1. The van der Waals surface area contributed by atoms with Crippen LogP contribution in [-0.2, 0) is 11.3 Å². The fraction of sp³-hybridized carbons (Fsp3) is 0.217. The van der Waals surface area contributed by atoms with E-state index in [0.717, 1.165) is 45.3 Å². The number of allylic oxidation sites excluding steroid dienone is 1. The molecule has 1 heterocycles. The van der Waals surface area contributed by atoms with Crippen molar-refractivity contribution in [2.45, 2.75) is 20.4 Å². The first-order valence-corrected chi connectivity index (χ1v) is 9.29. The molecule has 0 atom stereocenters. The number of aromatic amines is 1. The van der Waals surface area contributed by atoms with Crippen LogP contribution >= 0.6 is 0 Å². The summed E-state index contributed by atoms with van der Waals surface area (Å²) in [6.45, 7) is 4.27. The monoisotopic (exact) mass is 391 g/mol. The van der Waals surface area contributed by atoms with E-state index in [1.54, 1.807) is 26.5 Å². The van der Waals surface area contributed by atoms with Gasteiger partial charge in [-0.05, 0) is 37.6 Å². The van der Waals surface area contributed by atoms with Gasteiger partial charge in [-0.25, -0.2) is 4.98 Å². The molecule has 0 radical (unpaired) electrons. The Balaban J connectivity index is 1.76. The molecule has 6 nitrogen and oxygen atoms in total. The number of carbonyl (C=O) groups is 1. The lowest BCUT2D eigenvalue weighted by Crippen LogP contribution is -2.20. The van der Waals surface area contributed by atoms with Crippen molar-refractivity contribution in [3.05, 3.63) is 65.9 Å². The van der Waals surface area contributed by atoms with Crippen LogP contribution in [0.1, 0.15) is 19.4 Å². The van der Waals surface area contributed by atoms with Crippen molar-refractivity contribution in [3.8, 4) is 34.1 Å². The highest BCUT2D eigenvalue weighted by Crippen LogP contribution is 2.33. The average molecular weight is 391 g/mol. The SMILES string of the molecule is COc1ccc(OC)c(-c2cnc(-c3ccc(CNC(=O)C=C(C)C)cc3)[nH]2)c1. The average Bonchev–Trinajstić information content (AvgIpc) is 3.21. The minimum Gasteiger partial charge on any atom is -0.497 e. The maximum atomic E-state index is 11.7. The third kappa shape index (κ3) is 5.04. The Kier molecular flexibility index (Phi) is 6.34. The van der Waals surface area contributed by atoms with E-state index in [1.807, 2.05) is 56.3 Å². The summed E-state index contributed by atoms with van der Waals surface area (Å²) < 4.78 is 10.8. The van der Waals surface area contributed by atoms with E-state index in [2.05, 4.69) is 15.3 Å². The highest BCUT2D eigenvalue weighted by molar-refractivity contribution is 5.88. The van der Waals surface area contributed by atoms with Gasteiger partial charge in [0.25, 0.3) is 0 Å². The summed E-state index contributed by atoms with van der Waals surface area (Å²) in [5, 5.41) is 2.87. The molecule has 1 amide bonds. The molecule has 1 aromatic heterocycles. The molecule has 0 aliphatic heterocycles. The van der Waals surface area contributed by atoms with E-state index >= 15 is 0 Å². The Morgan fingerprint density at radius 2 is 1.86 bits per heavy atom. The maximum Gasteiger partial charge on any atom is 0.244 e. The summed E-state index contributed by atoms with van der Waals surface area (Å²) in [6, 6.07) is 13.6. The van der Waals surface area contributed by atoms with Crippen molar-refractivity contribution in [3.63, 3.8) is 0 Å². The molecule has 0 saturated carbocycles. The quantitative estimate of drug-likeness (QED) is 0.587. The van der Waals surface area contributed by atoms with Gasteiger partial charge in [0.1, 0.15) is 17.3 Å². The van der Waals surface area contributed by atoms with E-state index in [9.17, 15) is 4.79 Å². The summed E-state index contributed by atoms with van der Waals surface area (Å²) in [5.74, 6) is 2.15. The molecular formula is C23H25N3O3. The van der Waals surface area contributed by atoms with Crippen LogP contribution in [0.3, 0.4) is 0 Å². The van der Waals surface area contributed by atoms with Crippen molar-refractivity contribution in [2.75, 3.05) is 14.2 Å². The predicted octanol–water partition coefficient (Wildman–Crippen LogP) is 4.34. The van der Waals surface area contributed by atoms with Gasteiger partial charge in [0.05, 0.1) is 26.1 Å². The number of hydrogen-bond acceptors (Lipinski definition) is 4. The lowest BCUT2D eigenvalue weighted by Gasteiger charge is -2.09. The number of aromatic nitrogens is 2. The second-order valence-electron chi connectivity index (χ2n) is 6.85. The van der Waals surface area contributed by atoms with E-state index in [4.69, 9.17) is 9.47 Å². The molecule has 0 fully saturated rings. The number of amides is 1. The van der Waals surface area contributed by atoms with Gasteiger partial charge < -0.3 is 19.8 Å². The van der Waals surface area contributed by atoms with Crippen LogP contribution in [0, 0.1) is 0 Å². The van der Waals surface area contributed by atoms with Gasteiger partial charge >= 0.3 is 0 Å². The molecule has 0 spiro atoms. The summed E-state index contributed by atoms with van der Waals surface area (Å²) in [4.78, 5) is 19.6. The molecule has 0 aliphatic carbocycles. The molecule has 3 rings (SSSR count). The summed E-state index contributed by atoms with van der Waals surface area (Å²) in [5.41, 5.74) is 4.67. The Bertz CT molecular complexity index is 1020. The molecular weight excluding hydrogens is 366 g/mol. The smallest absolute Gasteiger partial charge is 0.244 e. The number of hydrogen-bond donors (Lipinski definition) is 2. The van der Waals surface area contributed by atoms with Gasteiger partial charge in [0.2, 0.25) is 5.91 Å². The van der Waals surface area contributed by atoms with Crippen LogP contribution < -0.4 is 14.8 Å². The summed E-state index contributed by atoms with van der Waals surface area (Å²) in [6.07, 6.45) is 3.37. The minimum absolute atomic E-state index is 0.0861. The molecule has 29 heavy (non-hydrogen) atoms. The maximum absolute atomic E-state index is 11.7. The molecule has 0 bridgehead atoms. The van der Waals surface area contributed by atoms with E-state index in [0.29, 0.717) is 6.54 Å². The van der Waals surface area contributed by atoms with Crippen LogP contribution in [0.4, 0.5) is 0 Å². The van der Waals surface area contributed by atoms with Gasteiger partial charge in [0.15, 0.2) is 0 Å². The van der Waals surface area contributed by atoms with Crippen molar-refractivity contribution in [1.29, 1.82) is 0 Å². The third-order valence-corrected chi connectivity index (χ3v) is 4.39. The first-order chi connectivity index (χ1) is 14.0. The lowest BCUT2D eigenvalue weighted by atomic mass is 10.1. The van der Waals surface area contributed by atoms with Crippen molar-refractivity contribution in [2.24, 2.45) is 0 Å². The molecule has 2 aromatic carbocycles. The standard InChI is InChI=1S/C23H25N3O3/c1-15(2)11-22(27)24-13-16-5-7-17(8-6-16)23-25-14-20(26-23)19-12-18(28-3)9-10-21(19)29-4/h5-12,14H,13H2,1-4H3,(H,24,27)(H,25,26). The summed E-state index contributed by atoms with van der Waals surface area (Å²) in [7, 11) is 3.27. The van der Waals surface area contributed by atoms with Gasteiger partial charge in [-0.3, -0.25) is 4.79 Å². The lowest BCUT2D eigenvalue weighted by molar-refractivity contribution is -0.116. The van der Waals surface area contributed by atoms with E-state index in [1.165, 1.54) is 0 Å². The van der Waals surface area contributed by atoms with Crippen molar-refractivity contribution < 1.29 is 14.3 Å². The zero-order valence-corrected chi connectivity index (χ0v) is 17.1. The zero-order valence-electron chi connectivity index (χ0n) is 17.1. The summed E-state index contributed by atoms with van der Waals surface area (Å²) >= 11 is 0. The number of imidazole rings is 1. The Hall–Kier alpha value is -3.54. The number of carbonyl (C=O) groups excluding carboxylic acids is 1. The Labute approximate surface area is 170 Å². The van der Waals surface area contributed by atoms with E-state index in [-0.39, 0.29) is 5.91 Å². The van der Waals surface area contributed by atoms with Crippen LogP contribution in [0.5, 0.6) is 11.5 Å². The second kappa shape index (κ2) is 9.10. The van der Waals surface area contributed by atoms with Gasteiger partial charge in [-0.15, -0.1) is 0 Å². The van der Waals surface area contributed by atoms with Crippen LogP contribution in [0.2, 0.25) is 0 Å². The fourth-order valence-electron chi connectivity index (χ4n) is 2.91. The topological polar surface area (TPSA) is 76.2 Å². The van der Waals surface area contributed by atoms with Crippen LogP contribution in [0.15, 0.2) is 60.3 Å². The molecule has 2 N–H and O–H groups in total. The molecule has 150 valence electrons. The molecule has 6 heteroatoms. The van der Waals surface area contributed by atoms with E-state index < -0.39 is 0 Å². The Morgan fingerprint density at radius 1 is 1.10 bits per heavy atom. The highest BCUT2D eigenvalue weighted by atomic mass is 16.5. The Morgan fingerprint density at radius 3 is 2.52 bits per heavy atom. The number of rotatable bonds is 7. The first-order valence-electron chi connectivity index (χ1n) is 9.29. The van der Waals surface area contributed by atoms with Crippen LogP contribution in [0.25, 0.3) is 22.6 Å². The highest BCUT2D eigenvalue weighted by Gasteiger charge is 2.11. The van der Waals surface area contributed by atoms with Gasteiger partial charge in [0, 0.05) is 23.7 Å². The largest absolute Gasteiger partial charge is 0.497 e. The number of ether oxygens (including phenoxy) is 2. The first kappa shape index (κ1) is 20.2. The molecule has 0 aliphatic rings. The molecule has 0 unspecified atom stereocenters. The number of benzene rings is 2. The fourth-order valence-corrected chi connectivity index (χ4v) is 2.91. The van der Waals surface area contributed by atoms with Gasteiger partial charge in [-0.1, -0.05) is 29.8 Å². The zero-order chi connectivity index (χ0) is 20.8. The van der Waals surface area contributed by atoms with Gasteiger partial charge in [-0.2, -0.15) is 0 Å². The predicted molar refractivity (Wildman–Crippen MR) is 114 cm³/mol. The van der Waals surface area contributed by atoms with Crippen molar-refractivity contribution in [1.82, 2.24) is 15.3 Å². The normalized spacial score (nSPS) is 10.3. The number of methoxy groups -OCH3 is 2. The minimum atomic E-state index is -0.0861. The van der Waals surface area contributed by atoms with Crippen LogP contribution in [-0.4, -0.2) is 30.1 Å². The molecule has 3 aromatic rings. The van der Waals surface area contributed by atoms with Crippen molar-refractivity contribution >= 4 is 5.91 Å². The third-order valence-electron chi connectivity index (χ3n) is 4.39.